The number of hydrogen-bond donors (Lipinski definition) is 1. The lowest BCUT2D eigenvalue weighted by atomic mass is 9.86. The molecule has 1 aromatic carbocycles. The maximum Gasteiger partial charge on any atom is 0.0673 e. The first-order chi connectivity index (χ1) is 9.86. The third-order valence-corrected chi connectivity index (χ3v) is 3.98. The van der Waals surface area contributed by atoms with Gasteiger partial charge < -0.3 is 5.32 Å². The first kappa shape index (κ1) is 15.8. The van der Waals surface area contributed by atoms with Gasteiger partial charge in [0, 0.05) is 18.8 Å². The quantitative estimate of drug-likeness (QED) is 0.930. The number of nitrogens with one attached hydrogen (secondary N) is 1. The summed E-state index contributed by atoms with van der Waals surface area (Å²) in [6, 6.07) is 9.13. The molecule has 21 heavy (non-hydrogen) atoms. The van der Waals surface area contributed by atoms with Crippen molar-refractivity contribution in [3.63, 3.8) is 0 Å². The van der Waals surface area contributed by atoms with Crippen molar-refractivity contribution in [1.29, 1.82) is 0 Å². The molecule has 0 aliphatic rings. The molecule has 2 aromatic rings. The molecule has 2 rings (SSSR count). The number of aromatic nitrogens is 2. The molecule has 0 saturated heterocycles. The van der Waals surface area contributed by atoms with Crippen LogP contribution in [-0.4, -0.2) is 16.8 Å². The van der Waals surface area contributed by atoms with Gasteiger partial charge in [-0.3, -0.25) is 4.68 Å². The monoisotopic (exact) mass is 285 g/mol. The van der Waals surface area contributed by atoms with Crippen LogP contribution < -0.4 is 5.32 Å². The number of benzene rings is 1. The third-order valence-electron chi connectivity index (χ3n) is 3.98. The van der Waals surface area contributed by atoms with E-state index >= 15 is 0 Å². The summed E-state index contributed by atoms with van der Waals surface area (Å²) in [6.45, 7) is 8.89. The van der Waals surface area contributed by atoms with Crippen molar-refractivity contribution in [3.8, 4) is 0 Å². The molecular weight excluding hydrogens is 258 g/mol. The van der Waals surface area contributed by atoms with E-state index in [1.54, 1.807) is 0 Å². The Kier molecular flexibility index (Phi) is 4.52. The fourth-order valence-electron chi connectivity index (χ4n) is 2.75. The smallest absolute Gasteiger partial charge is 0.0673 e. The van der Waals surface area contributed by atoms with Crippen molar-refractivity contribution in [1.82, 2.24) is 15.1 Å². The van der Waals surface area contributed by atoms with E-state index in [2.05, 4.69) is 68.6 Å². The molecule has 114 valence electrons. The Labute approximate surface area is 128 Å². The van der Waals surface area contributed by atoms with Gasteiger partial charge in [0.15, 0.2) is 0 Å². The highest BCUT2D eigenvalue weighted by Crippen LogP contribution is 2.28. The maximum absolute atomic E-state index is 4.56. The van der Waals surface area contributed by atoms with Crippen molar-refractivity contribution in [2.45, 2.75) is 45.6 Å². The number of rotatable bonds is 4. The second-order valence-corrected chi connectivity index (χ2v) is 6.65. The summed E-state index contributed by atoms with van der Waals surface area (Å²) >= 11 is 0. The second-order valence-electron chi connectivity index (χ2n) is 6.65. The third kappa shape index (κ3) is 3.35. The van der Waals surface area contributed by atoms with Gasteiger partial charge in [-0.1, -0.05) is 52.0 Å². The van der Waals surface area contributed by atoms with Gasteiger partial charge in [0.2, 0.25) is 0 Å². The van der Waals surface area contributed by atoms with Gasteiger partial charge in [0.1, 0.15) is 0 Å². The minimum Gasteiger partial charge on any atom is -0.309 e. The number of aryl methyl sites for hydroxylation is 2. The summed E-state index contributed by atoms with van der Waals surface area (Å²) in [5.41, 5.74) is 5.27. The van der Waals surface area contributed by atoms with Gasteiger partial charge in [-0.15, -0.1) is 0 Å². The predicted octanol–water partition coefficient (Wildman–Crippen LogP) is 3.59. The van der Waals surface area contributed by atoms with Crippen LogP contribution in [-0.2, 0) is 18.9 Å². The molecule has 3 nitrogen and oxygen atoms in total. The van der Waals surface area contributed by atoms with E-state index in [1.807, 2.05) is 18.8 Å². The molecule has 0 bridgehead atoms. The molecule has 0 radical (unpaired) electrons. The first-order valence-electron chi connectivity index (χ1n) is 7.67. The van der Waals surface area contributed by atoms with Crippen LogP contribution in [0.3, 0.4) is 0 Å². The molecule has 3 heteroatoms. The molecule has 1 N–H and O–H groups in total. The summed E-state index contributed by atoms with van der Waals surface area (Å²) in [4.78, 5) is 0. The zero-order valence-corrected chi connectivity index (χ0v) is 14.1. The molecule has 0 saturated carbocycles. The summed E-state index contributed by atoms with van der Waals surface area (Å²) in [7, 11) is 3.99. The van der Waals surface area contributed by atoms with Crippen LogP contribution in [0.5, 0.6) is 0 Å². The topological polar surface area (TPSA) is 29.9 Å². The van der Waals surface area contributed by atoms with Gasteiger partial charge in [-0.2, -0.15) is 5.10 Å². The lowest BCUT2D eigenvalue weighted by Gasteiger charge is -2.21. The van der Waals surface area contributed by atoms with Crippen LogP contribution in [0.15, 0.2) is 30.5 Å². The molecule has 1 heterocycles. The van der Waals surface area contributed by atoms with E-state index in [-0.39, 0.29) is 11.5 Å². The normalized spacial score (nSPS) is 13.4. The molecule has 1 aromatic heterocycles. The fraction of sp³-hybridized carbons (Fsp3) is 0.500. The van der Waals surface area contributed by atoms with E-state index in [1.165, 1.54) is 16.7 Å². The Hall–Kier alpha value is -1.61. The Bertz CT molecular complexity index is 588. The van der Waals surface area contributed by atoms with Gasteiger partial charge in [-0.05, 0) is 30.0 Å². The SMILES string of the molecule is CCc1nn(C)cc1C(NC)c1ccc(C(C)(C)C)cc1. The Morgan fingerprint density at radius 3 is 2.29 bits per heavy atom. The average molecular weight is 285 g/mol. The zero-order valence-electron chi connectivity index (χ0n) is 14.1. The van der Waals surface area contributed by atoms with Crippen LogP contribution in [0, 0.1) is 0 Å². The van der Waals surface area contributed by atoms with Gasteiger partial charge >= 0.3 is 0 Å². The van der Waals surface area contributed by atoms with Crippen LogP contribution in [0.4, 0.5) is 0 Å². The molecule has 0 aliphatic carbocycles. The van der Waals surface area contributed by atoms with Crippen molar-refractivity contribution >= 4 is 0 Å². The molecule has 1 atom stereocenters. The molecule has 0 spiro atoms. The highest BCUT2D eigenvalue weighted by atomic mass is 15.3. The van der Waals surface area contributed by atoms with Crippen molar-refractivity contribution in [2.75, 3.05) is 7.05 Å². The predicted molar refractivity (Wildman–Crippen MR) is 88.6 cm³/mol. The maximum atomic E-state index is 4.56. The zero-order chi connectivity index (χ0) is 15.6. The summed E-state index contributed by atoms with van der Waals surface area (Å²) in [5.74, 6) is 0. The summed E-state index contributed by atoms with van der Waals surface area (Å²) < 4.78 is 1.90. The standard InChI is InChI=1S/C18H27N3/c1-7-16-15(12-21(6)20-16)17(19-5)13-8-10-14(11-9-13)18(2,3)4/h8-12,17,19H,7H2,1-6H3. The molecule has 0 amide bonds. The average Bonchev–Trinajstić information content (AvgIpc) is 2.80. The lowest BCUT2D eigenvalue weighted by molar-refractivity contribution is 0.589. The summed E-state index contributed by atoms with van der Waals surface area (Å²) in [6.07, 6.45) is 3.08. The molecule has 1 unspecified atom stereocenters. The van der Waals surface area contributed by atoms with Gasteiger partial charge in [0.05, 0.1) is 11.7 Å². The molecule has 0 aliphatic heterocycles. The minimum atomic E-state index is 0.191. The van der Waals surface area contributed by atoms with Crippen molar-refractivity contribution in [2.24, 2.45) is 7.05 Å². The highest BCUT2D eigenvalue weighted by molar-refractivity contribution is 5.36. The molecule has 0 fully saturated rings. The minimum absolute atomic E-state index is 0.191. The van der Waals surface area contributed by atoms with Crippen LogP contribution in [0.2, 0.25) is 0 Å². The number of hydrogen-bond acceptors (Lipinski definition) is 2. The van der Waals surface area contributed by atoms with E-state index in [4.69, 9.17) is 0 Å². The van der Waals surface area contributed by atoms with E-state index in [9.17, 15) is 0 Å². The van der Waals surface area contributed by atoms with E-state index < -0.39 is 0 Å². The van der Waals surface area contributed by atoms with E-state index in [0.29, 0.717) is 0 Å². The highest BCUT2D eigenvalue weighted by Gasteiger charge is 2.19. The lowest BCUT2D eigenvalue weighted by Crippen LogP contribution is -2.19. The Morgan fingerprint density at radius 2 is 1.81 bits per heavy atom. The van der Waals surface area contributed by atoms with Crippen LogP contribution in [0.1, 0.15) is 56.1 Å². The largest absolute Gasteiger partial charge is 0.309 e. The van der Waals surface area contributed by atoms with Gasteiger partial charge in [-0.25, -0.2) is 0 Å². The first-order valence-corrected chi connectivity index (χ1v) is 7.67. The molecular formula is C18H27N3. The van der Waals surface area contributed by atoms with Crippen molar-refractivity contribution in [3.05, 3.63) is 52.8 Å². The summed E-state index contributed by atoms with van der Waals surface area (Å²) in [5, 5.41) is 7.98. The van der Waals surface area contributed by atoms with Crippen LogP contribution in [0.25, 0.3) is 0 Å². The van der Waals surface area contributed by atoms with Gasteiger partial charge in [0.25, 0.3) is 0 Å². The second kappa shape index (κ2) is 6.02. The number of nitrogens with zero attached hydrogens (tertiary/aromatic N) is 2. The Balaban J connectivity index is 2.37. The Morgan fingerprint density at radius 1 is 1.19 bits per heavy atom. The fourth-order valence-corrected chi connectivity index (χ4v) is 2.75. The van der Waals surface area contributed by atoms with E-state index in [0.717, 1.165) is 12.1 Å². The van der Waals surface area contributed by atoms with Crippen molar-refractivity contribution < 1.29 is 0 Å². The van der Waals surface area contributed by atoms with Crippen LogP contribution >= 0.6 is 0 Å².